The van der Waals surface area contributed by atoms with Gasteiger partial charge in [-0.15, -0.1) is 0 Å². The first-order valence-corrected chi connectivity index (χ1v) is 7.51. The molecule has 0 aliphatic rings. The van der Waals surface area contributed by atoms with Crippen LogP contribution in [0.5, 0.6) is 0 Å². The van der Waals surface area contributed by atoms with Gasteiger partial charge in [0, 0.05) is 22.2 Å². The molecule has 0 aliphatic carbocycles. The normalized spacial score (nSPS) is 12.7. The van der Waals surface area contributed by atoms with Crippen molar-refractivity contribution in [1.82, 2.24) is 0 Å². The number of nitrogens with two attached hydrogens (primary N) is 1. The molecule has 0 amide bonds. The zero-order valence-corrected chi connectivity index (χ0v) is 10.9. The van der Waals surface area contributed by atoms with Gasteiger partial charge in [-0.2, -0.15) is 11.8 Å². The second-order valence-electron chi connectivity index (χ2n) is 2.93. The molecule has 0 heterocycles. The zero-order chi connectivity index (χ0) is 11.3. The standard InChI is InChI=1S/C10H14ClNOS2/c1-2-14-5-6-15(13)10-7-8(11)3-4-9(10)12/h3-4,7H,2,5-6,12H2,1H3. The molecule has 0 aliphatic heterocycles. The van der Waals surface area contributed by atoms with Gasteiger partial charge in [-0.05, 0) is 24.0 Å². The van der Waals surface area contributed by atoms with Crippen LogP contribution in [0.4, 0.5) is 5.69 Å². The Morgan fingerprint density at radius 1 is 1.53 bits per heavy atom. The van der Waals surface area contributed by atoms with E-state index in [1.54, 1.807) is 30.0 Å². The highest BCUT2D eigenvalue weighted by Crippen LogP contribution is 2.21. The first-order valence-electron chi connectivity index (χ1n) is 4.66. The molecule has 1 unspecified atom stereocenters. The van der Waals surface area contributed by atoms with Crippen molar-refractivity contribution >= 4 is 39.8 Å². The molecular weight excluding hydrogens is 250 g/mol. The predicted molar refractivity (Wildman–Crippen MR) is 70.1 cm³/mol. The Balaban J connectivity index is 2.68. The van der Waals surface area contributed by atoms with Crippen molar-refractivity contribution in [2.45, 2.75) is 11.8 Å². The summed E-state index contributed by atoms with van der Waals surface area (Å²) in [6.07, 6.45) is 0. The third kappa shape index (κ3) is 4.05. The molecule has 0 spiro atoms. The van der Waals surface area contributed by atoms with E-state index in [1.165, 1.54) is 0 Å². The number of hydrogen-bond acceptors (Lipinski definition) is 3. The number of benzene rings is 1. The fourth-order valence-electron chi connectivity index (χ4n) is 1.09. The number of anilines is 1. The molecule has 0 radical (unpaired) electrons. The maximum absolute atomic E-state index is 11.9. The summed E-state index contributed by atoms with van der Waals surface area (Å²) < 4.78 is 11.9. The molecule has 0 bridgehead atoms. The Kier molecular flexibility index (Phi) is 5.50. The lowest BCUT2D eigenvalue weighted by Gasteiger charge is -2.05. The topological polar surface area (TPSA) is 43.1 Å². The SMILES string of the molecule is CCSCCS(=O)c1cc(Cl)ccc1N. The van der Waals surface area contributed by atoms with Gasteiger partial charge >= 0.3 is 0 Å². The molecule has 1 aromatic rings. The zero-order valence-electron chi connectivity index (χ0n) is 8.53. The molecule has 5 heteroatoms. The summed E-state index contributed by atoms with van der Waals surface area (Å²) in [4.78, 5) is 0.652. The van der Waals surface area contributed by atoms with Crippen LogP contribution < -0.4 is 5.73 Å². The van der Waals surface area contributed by atoms with E-state index in [1.807, 2.05) is 0 Å². The fraction of sp³-hybridized carbons (Fsp3) is 0.400. The van der Waals surface area contributed by atoms with Crippen LogP contribution in [0.2, 0.25) is 5.02 Å². The minimum Gasteiger partial charge on any atom is -0.398 e. The van der Waals surface area contributed by atoms with Crippen molar-refractivity contribution in [3.63, 3.8) is 0 Å². The third-order valence-electron chi connectivity index (χ3n) is 1.84. The largest absolute Gasteiger partial charge is 0.398 e. The van der Waals surface area contributed by atoms with E-state index in [9.17, 15) is 4.21 Å². The molecule has 15 heavy (non-hydrogen) atoms. The van der Waals surface area contributed by atoms with Crippen LogP contribution in [0, 0.1) is 0 Å². The van der Waals surface area contributed by atoms with Crippen LogP contribution in [-0.4, -0.2) is 21.5 Å². The minimum atomic E-state index is -1.04. The quantitative estimate of drug-likeness (QED) is 0.656. The number of hydrogen-bond donors (Lipinski definition) is 1. The van der Waals surface area contributed by atoms with Crippen molar-refractivity contribution in [2.75, 3.05) is 23.0 Å². The molecule has 1 atom stereocenters. The van der Waals surface area contributed by atoms with Crippen molar-refractivity contribution in [2.24, 2.45) is 0 Å². The lowest BCUT2D eigenvalue weighted by Crippen LogP contribution is -2.04. The Labute approximate surface area is 102 Å². The Morgan fingerprint density at radius 2 is 2.27 bits per heavy atom. The molecule has 0 saturated carbocycles. The van der Waals surface area contributed by atoms with Crippen LogP contribution in [0.15, 0.2) is 23.1 Å². The van der Waals surface area contributed by atoms with Gasteiger partial charge < -0.3 is 5.73 Å². The highest BCUT2D eigenvalue weighted by atomic mass is 35.5. The summed E-state index contributed by atoms with van der Waals surface area (Å²) in [7, 11) is -1.04. The van der Waals surface area contributed by atoms with Crippen molar-refractivity contribution in [1.29, 1.82) is 0 Å². The Bertz CT molecular complexity index is 357. The molecular formula is C10H14ClNOS2. The highest BCUT2D eigenvalue weighted by molar-refractivity contribution is 8.00. The van der Waals surface area contributed by atoms with Gasteiger partial charge in [-0.3, -0.25) is 4.21 Å². The molecule has 1 aromatic carbocycles. The van der Waals surface area contributed by atoms with Crippen LogP contribution in [0.1, 0.15) is 6.92 Å². The van der Waals surface area contributed by atoms with E-state index in [0.29, 0.717) is 21.4 Å². The van der Waals surface area contributed by atoms with Gasteiger partial charge in [0.25, 0.3) is 0 Å². The average molecular weight is 264 g/mol. The summed E-state index contributed by atoms with van der Waals surface area (Å²) in [5, 5.41) is 0.579. The lowest BCUT2D eigenvalue weighted by atomic mass is 10.3. The van der Waals surface area contributed by atoms with E-state index in [2.05, 4.69) is 6.92 Å². The fourth-order valence-corrected chi connectivity index (χ4v) is 3.51. The second kappa shape index (κ2) is 6.40. The summed E-state index contributed by atoms with van der Waals surface area (Å²) >= 11 is 7.60. The molecule has 2 nitrogen and oxygen atoms in total. The lowest BCUT2D eigenvalue weighted by molar-refractivity contribution is 0.684. The van der Waals surface area contributed by atoms with Gasteiger partial charge in [0.1, 0.15) is 0 Å². The second-order valence-corrected chi connectivity index (χ2v) is 6.30. The van der Waals surface area contributed by atoms with Crippen LogP contribution in [-0.2, 0) is 10.8 Å². The summed E-state index contributed by atoms with van der Waals surface area (Å²) in [5.74, 6) is 2.56. The summed E-state index contributed by atoms with van der Waals surface area (Å²) in [6, 6.07) is 5.09. The number of halogens is 1. The van der Waals surface area contributed by atoms with Crippen LogP contribution >= 0.6 is 23.4 Å². The first-order chi connectivity index (χ1) is 7.15. The minimum absolute atomic E-state index is 0.555. The Hall–Kier alpha value is -0.190. The van der Waals surface area contributed by atoms with Gasteiger partial charge in [-0.25, -0.2) is 0 Å². The monoisotopic (exact) mass is 263 g/mol. The van der Waals surface area contributed by atoms with Gasteiger partial charge in [0.05, 0.1) is 15.7 Å². The third-order valence-corrected chi connectivity index (χ3v) is 4.65. The molecule has 84 valence electrons. The number of nitrogen functional groups attached to an aromatic ring is 1. The van der Waals surface area contributed by atoms with Gasteiger partial charge in [-0.1, -0.05) is 18.5 Å². The molecule has 2 N–H and O–H groups in total. The molecule has 0 aromatic heterocycles. The molecule has 1 rings (SSSR count). The van der Waals surface area contributed by atoms with Gasteiger partial charge in [0.15, 0.2) is 0 Å². The van der Waals surface area contributed by atoms with E-state index < -0.39 is 10.8 Å². The average Bonchev–Trinajstić information content (AvgIpc) is 2.22. The summed E-state index contributed by atoms with van der Waals surface area (Å²) in [5.41, 5.74) is 6.29. The highest BCUT2D eigenvalue weighted by Gasteiger charge is 2.08. The van der Waals surface area contributed by atoms with E-state index in [-0.39, 0.29) is 0 Å². The number of rotatable bonds is 5. The van der Waals surface area contributed by atoms with Crippen LogP contribution in [0.3, 0.4) is 0 Å². The van der Waals surface area contributed by atoms with Crippen molar-refractivity contribution in [3.8, 4) is 0 Å². The maximum atomic E-state index is 11.9. The van der Waals surface area contributed by atoms with Crippen LogP contribution in [0.25, 0.3) is 0 Å². The number of thioether (sulfide) groups is 1. The predicted octanol–water partition coefficient (Wildman–Crippen LogP) is 2.78. The Morgan fingerprint density at radius 3 is 2.93 bits per heavy atom. The first kappa shape index (κ1) is 12.9. The van der Waals surface area contributed by atoms with E-state index in [0.717, 1.165) is 11.5 Å². The molecule has 0 fully saturated rings. The maximum Gasteiger partial charge on any atom is 0.0632 e. The summed E-state index contributed by atoms with van der Waals surface area (Å²) in [6.45, 7) is 2.08. The van der Waals surface area contributed by atoms with E-state index in [4.69, 9.17) is 17.3 Å². The van der Waals surface area contributed by atoms with Crippen molar-refractivity contribution in [3.05, 3.63) is 23.2 Å². The molecule has 0 saturated heterocycles. The van der Waals surface area contributed by atoms with Crippen molar-refractivity contribution < 1.29 is 4.21 Å². The smallest absolute Gasteiger partial charge is 0.0632 e. The van der Waals surface area contributed by atoms with Gasteiger partial charge in [0.2, 0.25) is 0 Å². The van der Waals surface area contributed by atoms with E-state index >= 15 is 0 Å².